The molecule has 0 bridgehead atoms. The fourth-order valence-corrected chi connectivity index (χ4v) is 3.94. The highest BCUT2D eigenvalue weighted by molar-refractivity contribution is 5.96. The van der Waals surface area contributed by atoms with Crippen LogP contribution in [0.4, 0.5) is 10.1 Å². The van der Waals surface area contributed by atoms with Gasteiger partial charge in [0.1, 0.15) is 28.6 Å². The highest BCUT2D eigenvalue weighted by Gasteiger charge is 2.22. The highest BCUT2D eigenvalue weighted by atomic mass is 19.1. The number of rotatable bonds is 10. The van der Waals surface area contributed by atoms with Gasteiger partial charge in [-0.2, -0.15) is 10.1 Å². The second kappa shape index (κ2) is 12.1. The zero-order chi connectivity index (χ0) is 28.8. The number of benzene rings is 3. The van der Waals surface area contributed by atoms with E-state index in [1.165, 1.54) is 49.4 Å². The van der Waals surface area contributed by atoms with E-state index in [4.69, 9.17) is 18.7 Å². The Morgan fingerprint density at radius 1 is 1.00 bits per heavy atom. The third kappa shape index (κ3) is 6.38. The number of carbonyl (C=O) groups is 2. The lowest BCUT2D eigenvalue weighted by molar-refractivity contribution is -0.115. The molecule has 1 N–H and O–H groups in total. The number of carbonyl (C=O) groups excluding carboxylic acids is 2. The summed E-state index contributed by atoms with van der Waals surface area (Å²) in [5.41, 5.74) is 2.14. The van der Waals surface area contributed by atoms with Crippen LogP contribution in [0.15, 0.2) is 83.5 Å². The van der Waals surface area contributed by atoms with Gasteiger partial charge in [0, 0.05) is 11.8 Å². The molecule has 41 heavy (non-hydrogen) atoms. The van der Waals surface area contributed by atoms with E-state index in [2.05, 4.69) is 20.6 Å². The van der Waals surface area contributed by atoms with Crippen molar-refractivity contribution in [3.05, 3.63) is 102 Å². The molecule has 0 aliphatic carbocycles. The fraction of sp³-hybridized carbons (Fsp3) is 0.138. The summed E-state index contributed by atoms with van der Waals surface area (Å²) in [6, 6.07) is 19.7. The smallest absolute Gasteiger partial charge is 0.342 e. The topological polar surface area (TPSA) is 131 Å². The van der Waals surface area contributed by atoms with E-state index >= 15 is 0 Å². The Bertz CT molecular complexity index is 1680. The van der Waals surface area contributed by atoms with Crippen molar-refractivity contribution >= 4 is 17.6 Å². The predicted octanol–water partition coefficient (Wildman–Crippen LogP) is 4.62. The number of halogens is 1. The number of hydrogen-bond donors (Lipinski definition) is 1. The third-order valence-corrected chi connectivity index (χ3v) is 5.91. The van der Waals surface area contributed by atoms with Gasteiger partial charge in [0.15, 0.2) is 12.4 Å². The van der Waals surface area contributed by atoms with Gasteiger partial charge in [0.25, 0.3) is 5.89 Å². The number of hydrogen-bond acceptors (Lipinski definition) is 9. The van der Waals surface area contributed by atoms with Crippen molar-refractivity contribution in [1.82, 2.24) is 19.9 Å². The molecule has 2 aromatic heterocycles. The molecule has 1 amide bonds. The zero-order valence-corrected chi connectivity index (χ0v) is 22.0. The summed E-state index contributed by atoms with van der Waals surface area (Å²) in [6.45, 7) is -0.334. The average molecular weight is 558 g/mol. The lowest BCUT2D eigenvalue weighted by Gasteiger charge is -2.08. The molecule has 0 fully saturated rings. The molecule has 0 saturated carbocycles. The third-order valence-electron chi connectivity index (χ3n) is 5.91. The molecule has 208 valence electrons. The molecule has 5 rings (SSSR count). The summed E-state index contributed by atoms with van der Waals surface area (Å²) >= 11 is 0. The lowest BCUT2D eigenvalue weighted by Crippen LogP contribution is -2.15. The number of ether oxygens (including phenoxy) is 3. The number of esters is 1. The Kier molecular flexibility index (Phi) is 8.00. The maximum Gasteiger partial charge on any atom is 0.342 e. The van der Waals surface area contributed by atoms with Crippen molar-refractivity contribution in [1.29, 1.82) is 0 Å². The van der Waals surface area contributed by atoms with Gasteiger partial charge < -0.3 is 24.1 Å². The van der Waals surface area contributed by atoms with Gasteiger partial charge in [-0.15, -0.1) is 0 Å². The van der Waals surface area contributed by atoms with Gasteiger partial charge in [-0.25, -0.2) is 13.9 Å². The van der Waals surface area contributed by atoms with Crippen LogP contribution in [0, 0.1) is 5.82 Å². The first-order valence-corrected chi connectivity index (χ1v) is 12.3. The summed E-state index contributed by atoms with van der Waals surface area (Å²) in [6.07, 6.45) is 1.33. The van der Waals surface area contributed by atoms with Crippen molar-refractivity contribution < 1.29 is 32.7 Å². The van der Waals surface area contributed by atoms with E-state index in [0.717, 1.165) is 0 Å². The molecular formula is C29H24FN5O6. The van der Waals surface area contributed by atoms with Crippen LogP contribution >= 0.6 is 0 Å². The molecule has 5 aromatic rings. The van der Waals surface area contributed by atoms with E-state index < -0.39 is 11.8 Å². The maximum atomic E-state index is 13.5. The number of aromatic nitrogens is 4. The van der Waals surface area contributed by atoms with Gasteiger partial charge in [-0.3, -0.25) is 4.79 Å². The minimum Gasteiger partial charge on any atom is -0.497 e. The number of anilines is 1. The first kappa shape index (κ1) is 27.1. The fourth-order valence-electron chi connectivity index (χ4n) is 3.94. The molecule has 12 heteroatoms. The van der Waals surface area contributed by atoms with Crippen molar-refractivity contribution in [2.24, 2.45) is 0 Å². The molecule has 0 radical (unpaired) electrons. The molecule has 0 aliphatic rings. The quantitative estimate of drug-likeness (QED) is 0.245. The Morgan fingerprint density at radius 3 is 2.59 bits per heavy atom. The molecule has 11 nitrogen and oxygen atoms in total. The number of methoxy groups -OCH3 is 2. The van der Waals surface area contributed by atoms with E-state index in [0.29, 0.717) is 34.1 Å². The molecule has 3 aromatic carbocycles. The van der Waals surface area contributed by atoms with Crippen LogP contribution in [0.2, 0.25) is 0 Å². The van der Waals surface area contributed by atoms with Crippen molar-refractivity contribution in [3.8, 4) is 28.4 Å². The highest BCUT2D eigenvalue weighted by Crippen LogP contribution is 2.28. The Morgan fingerprint density at radius 2 is 1.80 bits per heavy atom. The minimum atomic E-state index is -0.704. The first-order chi connectivity index (χ1) is 19.9. The second-order valence-corrected chi connectivity index (χ2v) is 8.65. The molecular weight excluding hydrogens is 533 g/mol. The summed E-state index contributed by atoms with van der Waals surface area (Å²) in [4.78, 5) is 29.8. The van der Waals surface area contributed by atoms with Crippen LogP contribution in [0.25, 0.3) is 16.9 Å². The zero-order valence-electron chi connectivity index (χ0n) is 22.0. The van der Waals surface area contributed by atoms with Gasteiger partial charge in [-0.1, -0.05) is 29.4 Å². The standard InChI is InChI=1S/C29H24FN5O6/c1-38-21-7-5-6-18(14-21)28-22(16-35(33-28)20-12-10-19(30)11-13-20)29(37)40-17-27-32-25(34-41-27)15-26(36)31-23-8-3-4-9-24(23)39-2/h3-14,16H,15,17H2,1-2H3,(H,31,36). The SMILES string of the molecule is COc1cccc(-c2nn(-c3ccc(F)cc3)cc2C(=O)OCc2nc(CC(=O)Nc3ccccc3OC)no2)c1. The van der Waals surface area contributed by atoms with Crippen LogP contribution in [-0.2, 0) is 22.6 Å². The summed E-state index contributed by atoms with van der Waals surface area (Å²) in [7, 11) is 3.04. The van der Waals surface area contributed by atoms with Crippen LogP contribution in [0.3, 0.4) is 0 Å². The summed E-state index contributed by atoms with van der Waals surface area (Å²) in [5.74, 6) is -0.273. The van der Waals surface area contributed by atoms with Gasteiger partial charge in [0.2, 0.25) is 5.91 Å². The van der Waals surface area contributed by atoms with Crippen LogP contribution < -0.4 is 14.8 Å². The van der Waals surface area contributed by atoms with Gasteiger partial charge in [0.05, 0.1) is 32.0 Å². The second-order valence-electron chi connectivity index (χ2n) is 8.65. The van der Waals surface area contributed by atoms with Gasteiger partial charge >= 0.3 is 5.97 Å². The molecule has 2 heterocycles. The maximum absolute atomic E-state index is 13.5. The predicted molar refractivity (Wildman–Crippen MR) is 144 cm³/mol. The van der Waals surface area contributed by atoms with Crippen LogP contribution in [-0.4, -0.2) is 46.0 Å². The van der Waals surface area contributed by atoms with E-state index in [9.17, 15) is 14.0 Å². The normalized spacial score (nSPS) is 10.7. The summed E-state index contributed by atoms with van der Waals surface area (Å²) in [5, 5.41) is 11.1. The van der Waals surface area contributed by atoms with E-state index in [-0.39, 0.29) is 36.2 Å². The molecule has 0 saturated heterocycles. The van der Waals surface area contributed by atoms with Crippen LogP contribution in [0.1, 0.15) is 22.1 Å². The Hall–Kier alpha value is -5.52. The van der Waals surface area contributed by atoms with Crippen molar-refractivity contribution in [3.63, 3.8) is 0 Å². The van der Waals surface area contributed by atoms with Crippen molar-refractivity contribution in [2.45, 2.75) is 13.0 Å². The first-order valence-electron chi connectivity index (χ1n) is 12.3. The van der Waals surface area contributed by atoms with Crippen molar-refractivity contribution in [2.75, 3.05) is 19.5 Å². The Labute approximate surface area is 233 Å². The summed E-state index contributed by atoms with van der Waals surface area (Å²) < 4.78 is 36.1. The number of para-hydroxylation sites is 2. The molecule has 0 unspecified atom stereocenters. The van der Waals surface area contributed by atoms with Crippen LogP contribution in [0.5, 0.6) is 11.5 Å². The Balaban J connectivity index is 1.30. The number of nitrogens with one attached hydrogen (secondary N) is 1. The average Bonchev–Trinajstić information content (AvgIpc) is 3.64. The lowest BCUT2D eigenvalue weighted by atomic mass is 10.1. The number of nitrogens with zero attached hydrogens (tertiary/aromatic N) is 4. The van der Waals surface area contributed by atoms with Gasteiger partial charge in [-0.05, 0) is 48.5 Å². The molecule has 0 aliphatic heterocycles. The van der Waals surface area contributed by atoms with E-state index in [1.54, 1.807) is 48.5 Å². The largest absolute Gasteiger partial charge is 0.497 e. The minimum absolute atomic E-state index is 0.00676. The number of amides is 1. The molecule has 0 atom stereocenters. The molecule has 0 spiro atoms. The monoisotopic (exact) mass is 557 g/mol. The van der Waals surface area contributed by atoms with E-state index in [1.807, 2.05) is 0 Å².